The van der Waals surface area contributed by atoms with Crippen molar-refractivity contribution in [2.75, 3.05) is 16.8 Å². The van der Waals surface area contributed by atoms with Gasteiger partial charge in [0, 0.05) is 6.54 Å². The minimum absolute atomic E-state index is 0.186. The molecule has 1 atom stereocenters. The van der Waals surface area contributed by atoms with Gasteiger partial charge in [0.25, 0.3) is 0 Å². The third kappa shape index (κ3) is 2.35. The second-order valence-corrected chi connectivity index (χ2v) is 5.17. The fraction of sp³-hybridized carbons (Fsp3) is 0.214. The van der Waals surface area contributed by atoms with E-state index >= 15 is 0 Å². The number of hydrogen-bond acceptors (Lipinski definition) is 6. The van der Waals surface area contributed by atoms with Gasteiger partial charge in [-0.3, -0.25) is 4.79 Å². The van der Waals surface area contributed by atoms with Gasteiger partial charge in [0.2, 0.25) is 5.91 Å². The van der Waals surface area contributed by atoms with Crippen LogP contribution in [-0.2, 0) is 4.79 Å². The van der Waals surface area contributed by atoms with Crippen molar-refractivity contribution in [2.45, 2.75) is 12.5 Å². The predicted octanol–water partition coefficient (Wildman–Crippen LogP) is 0.876. The van der Waals surface area contributed by atoms with Crippen molar-refractivity contribution < 1.29 is 9.18 Å². The van der Waals surface area contributed by atoms with Crippen LogP contribution >= 0.6 is 0 Å². The molecule has 1 aromatic carbocycles. The first-order chi connectivity index (χ1) is 11.2. The number of halogens is 1. The monoisotopic (exact) mass is 313 g/mol. The molecule has 23 heavy (non-hydrogen) atoms. The van der Waals surface area contributed by atoms with Crippen molar-refractivity contribution in [3.63, 3.8) is 0 Å². The number of aromatic nitrogens is 5. The fourth-order valence-corrected chi connectivity index (χ4v) is 2.63. The summed E-state index contributed by atoms with van der Waals surface area (Å²) in [4.78, 5) is 13.9. The maximum atomic E-state index is 13.9. The lowest BCUT2D eigenvalue weighted by Crippen LogP contribution is -2.34. The van der Waals surface area contributed by atoms with Crippen LogP contribution in [0.15, 0.2) is 36.4 Å². The number of para-hydroxylation sites is 1. The maximum absolute atomic E-state index is 13.9. The molecule has 116 valence electrons. The maximum Gasteiger partial charge on any atom is 0.249 e. The van der Waals surface area contributed by atoms with Crippen molar-refractivity contribution in [3.05, 3.63) is 42.2 Å². The van der Waals surface area contributed by atoms with Gasteiger partial charge in [0.1, 0.15) is 17.7 Å². The molecule has 0 bridgehead atoms. The highest BCUT2D eigenvalue weighted by Gasteiger charge is 2.33. The van der Waals surface area contributed by atoms with Crippen LogP contribution in [0.25, 0.3) is 5.65 Å². The number of carbonyl (C=O) groups is 1. The van der Waals surface area contributed by atoms with Gasteiger partial charge in [-0.1, -0.05) is 12.1 Å². The molecular formula is C14H12FN7O. The highest BCUT2D eigenvalue weighted by atomic mass is 19.1. The Kier molecular flexibility index (Phi) is 3.11. The first kappa shape index (κ1) is 13.6. The number of rotatable bonds is 3. The van der Waals surface area contributed by atoms with Crippen molar-refractivity contribution in [1.82, 2.24) is 25.3 Å². The van der Waals surface area contributed by atoms with Gasteiger partial charge < -0.3 is 10.2 Å². The molecule has 1 amide bonds. The summed E-state index contributed by atoms with van der Waals surface area (Å²) < 4.78 is 15.1. The van der Waals surface area contributed by atoms with E-state index in [1.807, 2.05) is 0 Å². The van der Waals surface area contributed by atoms with E-state index in [1.165, 1.54) is 15.6 Å². The summed E-state index contributed by atoms with van der Waals surface area (Å²) in [6, 6.07) is 9.18. The van der Waals surface area contributed by atoms with Crippen LogP contribution in [0, 0.1) is 5.82 Å². The minimum atomic E-state index is -0.462. The van der Waals surface area contributed by atoms with E-state index in [-0.39, 0.29) is 5.91 Å². The molecule has 1 aliphatic rings. The molecule has 3 heterocycles. The van der Waals surface area contributed by atoms with Gasteiger partial charge in [-0.15, -0.1) is 14.8 Å². The summed E-state index contributed by atoms with van der Waals surface area (Å²) >= 11 is 0. The molecule has 9 heteroatoms. The summed E-state index contributed by atoms with van der Waals surface area (Å²) in [5.74, 6) is -0.109. The van der Waals surface area contributed by atoms with E-state index in [0.29, 0.717) is 30.1 Å². The van der Waals surface area contributed by atoms with Crippen molar-refractivity contribution in [1.29, 1.82) is 0 Å². The molecule has 3 aromatic rings. The Hall–Kier alpha value is -3.10. The molecule has 0 aliphatic carbocycles. The number of fused-ring (bicyclic) bond motifs is 1. The van der Waals surface area contributed by atoms with E-state index in [4.69, 9.17) is 0 Å². The van der Waals surface area contributed by atoms with Crippen LogP contribution in [0.4, 0.5) is 15.9 Å². The second-order valence-electron chi connectivity index (χ2n) is 5.17. The molecule has 0 saturated carbocycles. The Morgan fingerprint density at radius 1 is 1.22 bits per heavy atom. The van der Waals surface area contributed by atoms with E-state index in [0.717, 1.165) is 0 Å². The number of nitrogens with one attached hydrogen (secondary N) is 1. The van der Waals surface area contributed by atoms with E-state index in [1.54, 1.807) is 30.3 Å². The molecule has 1 N–H and O–H groups in total. The third-order valence-corrected chi connectivity index (χ3v) is 3.74. The van der Waals surface area contributed by atoms with Crippen LogP contribution in [0.3, 0.4) is 0 Å². The Morgan fingerprint density at radius 3 is 2.96 bits per heavy atom. The zero-order valence-corrected chi connectivity index (χ0v) is 11.9. The van der Waals surface area contributed by atoms with Crippen LogP contribution < -0.4 is 10.2 Å². The third-order valence-electron chi connectivity index (χ3n) is 3.74. The van der Waals surface area contributed by atoms with Crippen LogP contribution in [0.2, 0.25) is 0 Å². The summed E-state index contributed by atoms with van der Waals surface area (Å²) in [5, 5.41) is 18.2. The number of hydrogen-bond donors (Lipinski definition) is 1. The Bertz CT molecular complexity index is 880. The quantitative estimate of drug-likeness (QED) is 0.772. The zero-order valence-electron chi connectivity index (χ0n) is 11.9. The molecular weight excluding hydrogens is 301 g/mol. The molecule has 1 aliphatic heterocycles. The summed E-state index contributed by atoms with van der Waals surface area (Å²) in [6.07, 6.45) is 0.558. The van der Waals surface area contributed by atoms with Crippen molar-refractivity contribution in [2.24, 2.45) is 0 Å². The standard InChI is InChI=1S/C14H12FN7O/c15-9-3-1-2-4-11(9)21-8-7-10(14(21)23)16-12-5-6-13-17-19-20-22(13)18-12/h1-6,10H,7-8H2,(H,16,18)/t10-/m1/s1. The molecule has 0 radical (unpaired) electrons. The van der Waals surface area contributed by atoms with Gasteiger partial charge in [-0.05, 0) is 41.1 Å². The SMILES string of the molecule is O=C1[C@H](Nc2ccc3nnnn3n2)CCN1c1ccccc1F. The first-order valence-electron chi connectivity index (χ1n) is 7.10. The van der Waals surface area contributed by atoms with Gasteiger partial charge >= 0.3 is 0 Å². The number of nitrogens with zero attached hydrogens (tertiary/aromatic N) is 6. The molecule has 0 unspecified atom stereocenters. The predicted molar refractivity (Wildman–Crippen MR) is 79.4 cm³/mol. The van der Waals surface area contributed by atoms with Crippen LogP contribution in [0.5, 0.6) is 0 Å². The van der Waals surface area contributed by atoms with Gasteiger partial charge in [0.05, 0.1) is 5.69 Å². The van der Waals surface area contributed by atoms with Crippen LogP contribution in [0.1, 0.15) is 6.42 Å². The van der Waals surface area contributed by atoms with Crippen molar-refractivity contribution in [3.8, 4) is 0 Å². The van der Waals surface area contributed by atoms with E-state index in [9.17, 15) is 9.18 Å². The lowest BCUT2D eigenvalue weighted by molar-refractivity contribution is -0.117. The lowest BCUT2D eigenvalue weighted by atomic mass is 10.2. The number of benzene rings is 1. The molecule has 2 aromatic heterocycles. The van der Waals surface area contributed by atoms with Gasteiger partial charge in [-0.25, -0.2) is 4.39 Å². The summed E-state index contributed by atoms with van der Waals surface area (Å²) in [5.41, 5.74) is 0.812. The van der Waals surface area contributed by atoms with Crippen LogP contribution in [-0.4, -0.2) is 43.7 Å². The average molecular weight is 313 g/mol. The minimum Gasteiger partial charge on any atom is -0.357 e. The molecule has 0 spiro atoms. The Balaban J connectivity index is 1.54. The Labute approximate surface area is 129 Å². The number of amides is 1. The Morgan fingerprint density at radius 2 is 2.09 bits per heavy atom. The van der Waals surface area contributed by atoms with E-state index in [2.05, 4.69) is 25.9 Å². The van der Waals surface area contributed by atoms with Gasteiger partial charge in [0.15, 0.2) is 5.65 Å². The number of carbonyl (C=O) groups excluding carboxylic acids is 1. The molecule has 1 saturated heterocycles. The summed E-state index contributed by atoms with van der Waals surface area (Å²) in [7, 11) is 0. The zero-order chi connectivity index (χ0) is 15.8. The smallest absolute Gasteiger partial charge is 0.249 e. The molecule has 1 fully saturated rings. The number of tetrazole rings is 1. The average Bonchev–Trinajstić information content (AvgIpc) is 3.15. The van der Waals surface area contributed by atoms with Gasteiger partial charge in [-0.2, -0.15) is 0 Å². The fourth-order valence-electron chi connectivity index (χ4n) is 2.63. The molecule has 8 nitrogen and oxygen atoms in total. The topological polar surface area (TPSA) is 88.3 Å². The second kappa shape index (κ2) is 5.27. The highest BCUT2D eigenvalue weighted by molar-refractivity contribution is 6.01. The normalized spacial score (nSPS) is 17.9. The van der Waals surface area contributed by atoms with E-state index < -0.39 is 11.9 Å². The van der Waals surface area contributed by atoms with Crippen molar-refractivity contribution >= 4 is 23.1 Å². The highest BCUT2D eigenvalue weighted by Crippen LogP contribution is 2.25. The first-order valence-corrected chi connectivity index (χ1v) is 7.10. The lowest BCUT2D eigenvalue weighted by Gasteiger charge is -2.17. The largest absolute Gasteiger partial charge is 0.357 e. The number of anilines is 2. The molecule has 4 rings (SSSR count). The summed E-state index contributed by atoms with van der Waals surface area (Å²) in [6.45, 7) is 0.449.